The molecule has 0 aliphatic carbocycles. The number of rotatable bonds is 7. The number of ether oxygens (including phenoxy) is 1. The lowest BCUT2D eigenvalue weighted by Gasteiger charge is -2.14. The molecule has 1 heterocycles. The second-order valence-corrected chi connectivity index (χ2v) is 4.68. The molecule has 0 aliphatic rings. The fourth-order valence-electron chi connectivity index (χ4n) is 2.06. The highest BCUT2D eigenvalue weighted by Crippen LogP contribution is 2.25. The van der Waals surface area contributed by atoms with E-state index in [0.717, 1.165) is 48.0 Å². The van der Waals surface area contributed by atoms with Gasteiger partial charge in [0.25, 0.3) is 0 Å². The first-order chi connectivity index (χ1) is 10.3. The molecule has 0 spiro atoms. The quantitative estimate of drug-likeness (QED) is 0.814. The van der Waals surface area contributed by atoms with Gasteiger partial charge in [0, 0.05) is 17.8 Å². The van der Waals surface area contributed by atoms with Crippen molar-refractivity contribution in [2.45, 2.75) is 26.7 Å². The number of hydrogen-bond acceptors (Lipinski definition) is 5. The molecule has 0 bridgehead atoms. The number of anilines is 3. The number of nitrogens with one attached hydrogen (secondary N) is 2. The molecule has 0 unspecified atom stereocenters. The number of methoxy groups -OCH3 is 1. The maximum atomic E-state index is 5.16. The van der Waals surface area contributed by atoms with Crippen LogP contribution in [0.1, 0.15) is 25.8 Å². The van der Waals surface area contributed by atoms with Crippen molar-refractivity contribution in [3.8, 4) is 5.75 Å². The van der Waals surface area contributed by atoms with E-state index >= 15 is 0 Å². The average molecular weight is 286 g/mol. The molecule has 0 atom stereocenters. The van der Waals surface area contributed by atoms with Gasteiger partial charge in [-0.05, 0) is 37.1 Å². The van der Waals surface area contributed by atoms with Gasteiger partial charge in [0.05, 0.1) is 7.11 Å². The Morgan fingerprint density at radius 2 is 1.76 bits per heavy atom. The van der Waals surface area contributed by atoms with E-state index in [1.165, 1.54) is 0 Å². The Morgan fingerprint density at radius 1 is 1.05 bits per heavy atom. The highest BCUT2D eigenvalue weighted by Gasteiger charge is 2.09. The van der Waals surface area contributed by atoms with Gasteiger partial charge in [0.2, 0.25) is 0 Å². The highest BCUT2D eigenvalue weighted by atomic mass is 16.5. The van der Waals surface area contributed by atoms with Crippen LogP contribution in [-0.4, -0.2) is 23.6 Å². The predicted octanol–water partition coefficient (Wildman–Crippen LogP) is 3.61. The van der Waals surface area contributed by atoms with Gasteiger partial charge < -0.3 is 15.4 Å². The van der Waals surface area contributed by atoms with Crippen LogP contribution in [0, 0.1) is 0 Å². The molecule has 2 aromatic rings. The van der Waals surface area contributed by atoms with Crippen LogP contribution >= 0.6 is 0 Å². The molecular formula is C16H22N4O. The minimum Gasteiger partial charge on any atom is -0.497 e. The van der Waals surface area contributed by atoms with E-state index in [9.17, 15) is 0 Å². The van der Waals surface area contributed by atoms with E-state index in [2.05, 4.69) is 34.4 Å². The molecule has 0 amide bonds. The average Bonchev–Trinajstić information content (AvgIpc) is 2.53. The third-order valence-corrected chi connectivity index (χ3v) is 3.19. The number of benzene rings is 1. The van der Waals surface area contributed by atoms with E-state index in [1.54, 1.807) is 13.4 Å². The van der Waals surface area contributed by atoms with Gasteiger partial charge in [-0.3, -0.25) is 0 Å². The van der Waals surface area contributed by atoms with Gasteiger partial charge >= 0.3 is 0 Å². The molecule has 0 aliphatic heterocycles. The summed E-state index contributed by atoms with van der Waals surface area (Å²) in [6.07, 6.45) is 3.52. The van der Waals surface area contributed by atoms with Crippen LogP contribution < -0.4 is 15.4 Å². The molecule has 5 heteroatoms. The maximum Gasteiger partial charge on any atom is 0.139 e. The third-order valence-electron chi connectivity index (χ3n) is 3.19. The summed E-state index contributed by atoms with van der Waals surface area (Å²) in [5.41, 5.74) is 2.08. The molecule has 1 aromatic carbocycles. The van der Waals surface area contributed by atoms with Crippen LogP contribution in [0.4, 0.5) is 17.3 Å². The summed E-state index contributed by atoms with van der Waals surface area (Å²) >= 11 is 0. The van der Waals surface area contributed by atoms with Gasteiger partial charge in [0.1, 0.15) is 23.7 Å². The zero-order valence-corrected chi connectivity index (χ0v) is 12.8. The highest BCUT2D eigenvalue weighted by molar-refractivity contribution is 5.65. The van der Waals surface area contributed by atoms with Crippen LogP contribution in [0.2, 0.25) is 0 Å². The van der Waals surface area contributed by atoms with Crippen molar-refractivity contribution in [2.75, 3.05) is 24.3 Å². The first-order valence-corrected chi connectivity index (χ1v) is 7.27. The third kappa shape index (κ3) is 3.84. The van der Waals surface area contributed by atoms with E-state index in [0.29, 0.717) is 0 Å². The monoisotopic (exact) mass is 286 g/mol. The summed E-state index contributed by atoms with van der Waals surface area (Å²) in [5, 5.41) is 6.69. The Kier molecular flexibility index (Phi) is 5.37. The summed E-state index contributed by atoms with van der Waals surface area (Å²) in [4.78, 5) is 8.70. The van der Waals surface area contributed by atoms with Crippen molar-refractivity contribution in [1.29, 1.82) is 0 Å². The summed E-state index contributed by atoms with van der Waals surface area (Å²) in [7, 11) is 1.66. The van der Waals surface area contributed by atoms with E-state index in [1.807, 2.05) is 24.3 Å². The Morgan fingerprint density at radius 3 is 2.38 bits per heavy atom. The lowest BCUT2D eigenvalue weighted by atomic mass is 10.2. The maximum absolute atomic E-state index is 5.16. The molecule has 2 N–H and O–H groups in total. The molecule has 21 heavy (non-hydrogen) atoms. The fraction of sp³-hybridized carbons (Fsp3) is 0.375. The Labute approximate surface area is 125 Å². The molecular weight excluding hydrogens is 264 g/mol. The first-order valence-electron chi connectivity index (χ1n) is 7.27. The second kappa shape index (κ2) is 7.47. The Bertz CT molecular complexity index is 569. The molecule has 0 fully saturated rings. The van der Waals surface area contributed by atoms with Crippen molar-refractivity contribution < 1.29 is 4.74 Å². The largest absolute Gasteiger partial charge is 0.497 e. The Balaban J connectivity index is 2.21. The topological polar surface area (TPSA) is 59.1 Å². The summed E-state index contributed by atoms with van der Waals surface area (Å²) < 4.78 is 5.16. The minimum absolute atomic E-state index is 0.837. The summed E-state index contributed by atoms with van der Waals surface area (Å²) in [5.74, 6) is 2.59. The van der Waals surface area contributed by atoms with Crippen LogP contribution in [0.25, 0.3) is 0 Å². The molecule has 0 radical (unpaired) electrons. The van der Waals surface area contributed by atoms with Crippen molar-refractivity contribution in [3.05, 3.63) is 36.2 Å². The number of aromatic nitrogens is 2. The van der Waals surface area contributed by atoms with Crippen LogP contribution in [-0.2, 0) is 6.42 Å². The zero-order chi connectivity index (χ0) is 15.1. The van der Waals surface area contributed by atoms with Gasteiger partial charge in [0.15, 0.2) is 0 Å². The van der Waals surface area contributed by atoms with Crippen molar-refractivity contribution in [2.24, 2.45) is 0 Å². The normalized spacial score (nSPS) is 10.2. The van der Waals surface area contributed by atoms with E-state index in [4.69, 9.17) is 4.74 Å². The first kappa shape index (κ1) is 15.1. The molecule has 0 saturated heterocycles. The van der Waals surface area contributed by atoms with Gasteiger partial charge in [-0.15, -0.1) is 0 Å². The lowest BCUT2D eigenvalue weighted by Crippen LogP contribution is -2.08. The van der Waals surface area contributed by atoms with Crippen molar-refractivity contribution in [3.63, 3.8) is 0 Å². The number of hydrogen-bond donors (Lipinski definition) is 2. The molecule has 112 valence electrons. The minimum atomic E-state index is 0.837. The molecule has 1 aromatic heterocycles. The van der Waals surface area contributed by atoms with Crippen molar-refractivity contribution in [1.82, 2.24) is 9.97 Å². The van der Waals surface area contributed by atoms with Gasteiger partial charge in [-0.1, -0.05) is 13.8 Å². The SMILES string of the molecule is CCCNc1ncnc(Nc2ccc(OC)cc2)c1CC. The molecule has 0 saturated carbocycles. The molecule has 2 rings (SSSR count). The van der Waals surface area contributed by atoms with Crippen LogP contribution in [0.5, 0.6) is 5.75 Å². The number of nitrogens with zero attached hydrogens (tertiary/aromatic N) is 2. The smallest absolute Gasteiger partial charge is 0.139 e. The van der Waals surface area contributed by atoms with Gasteiger partial charge in [-0.25, -0.2) is 9.97 Å². The lowest BCUT2D eigenvalue weighted by molar-refractivity contribution is 0.415. The second-order valence-electron chi connectivity index (χ2n) is 4.68. The predicted molar refractivity (Wildman–Crippen MR) is 86.5 cm³/mol. The van der Waals surface area contributed by atoms with Crippen LogP contribution in [0.3, 0.4) is 0 Å². The van der Waals surface area contributed by atoms with Gasteiger partial charge in [-0.2, -0.15) is 0 Å². The summed E-state index contributed by atoms with van der Waals surface area (Å²) in [6, 6.07) is 7.79. The zero-order valence-electron chi connectivity index (χ0n) is 12.8. The standard InChI is InChI=1S/C16H22N4O/c1-4-10-17-15-14(5-2)16(19-11-18-15)20-12-6-8-13(21-3)9-7-12/h6-9,11H,4-5,10H2,1-3H3,(H2,17,18,19,20). The fourth-order valence-corrected chi connectivity index (χ4v) is 2.06. The van der Waals surface area contributed by atoms with Crippen molar-refractivity contribution >= 4 is 17.3 Å². The summed E-state index contributed by atoms with van der Waals surface area (Å²) in [6.45, 7) is 5.15. The van der Waals surface area contributed by atoms with Crippen LogP contribution in [0.15, 0.2) is 30.6 Å². The van der Waals surface area contributed by atoms with E-state index in [-0.39, 0.29) is 0 Å². The Hall–Kier alpha value is -2.30. The van der Waals surface area contributed by atoms with E-state index < -0.39 is 0 Å². The molecule has 5 nitrogen and oxygen atoms in total.